The molecule has 1 N–H and O–H groups in total. The number of amides is 1. The number of halogens is 1. The highest BCUT2D eigenvalue weighted by atomic mass is 35.5. The minimum absolute atomic E-state index is 0.117. The average Bonchev–Trinajstić information content (AvgIpc) is 2.78. The molecule has 0 radical (unpaired) electrons. The van der Waals surface area contributed by atoms with Crippen LogP contribution in [0.15, 0.2) is 18.2 Å². The van der Waals surface area contributed by atoms with Crippen LogP contribution in [0.25, 0.3) is 0 Å². The smallest absolute Gasteiger partial charge is 0.223 e. The Morgan fingerprint density at radius 2 is 2.26 bits per heavy atom. The van der Waals surface area contributed by atoms with E-state index in [1.165, 1.54) is 5.56 Å². The molecule has 3 rings (SSSR count). The van der Waals surface area contributed by atoms with Gasteiger partial charge in [0, 0.05) is 36.1 Å². The van der Waals surface area contributed by atoms with Crippen LogP contribution in [-0.2, 0) is 10.2 Å². The fourth-order valence-electron chi connectivity index (χ4n) is 3.51. The van der Waals surface area contributed by atoms with E-state index in [2.05, 4.69) is 11.4 Å². The highest BCUT2D eigenvalue weighted by Gasteiger charge is 2.40. The van der Waals surface area contributed by atoms with Crippen LogP contribution in [0.3, 0.4) is 0 Å². The highest BCUT2D eigenvalue weighted by molar-refractivity contribution is 6.30. The molecule has 0 bridgehead atoms. The lowest BCUT2D eigenvalue weighted by Crippen LogP contribution is -2.31. The van der Waals surface area contributed by atoms with Crippen molar-refractivity contribution in [3.8, 4) is 0 Å². The van der Waals surface area contributed by atoms with Gasteiger partial charge >= 0.3 is 0 Å². The van der Waals surface area contributed by atoms with E-state index in [9.17, 15) is 4.79 Å². The molecule has 1 unspecified atom stereocenters. The Bertz CT molecular complexity index is 509. The van der Waals surface area contributed by atoms with Gasteiger partial charge < -0.3 is 10.2 Å². The van der Waals surface area contributed by atoms with E-state index < -0.39 is 0 Å². The van der Waals surface area contributed by atoms with Gasteiger partial charge in [0.05, 0.1) is 0 Å². The number of nitrogens with one attached hydrogen (secondary N) is 1. The zero-order valence-corrected chi connectivity index (χ0v) is 12.0. The topological polar surface area (TPSA) is 32.3 Å². The van der Waals surface area contributed by atoms with Gasteiger partial charge in [0.15, 0.2) is 0 Å². The number of carbonyl (C=O) groups is 1. The van der Waals surface area contributed by atoms with Gasteiger partial charge in [0.1, 0.15) is 0 Å². The second kappa shape index (κ2) is 4.80. The molecule has 1 saturated heterocycles. The van der Waals surface area contributed by atoms with Crippen molar-refractivity contribution in [2.75, 3.05) is 24.5 Å². The molecule has 0 saturated carbocycles. The summed E-state index contributed by atoms with van der Waals surface area (Å²) in [5.74, 6) is 0.117. The van der Waals surface area contributed by atoms with E-state index in [-0.39, 0.29) is 11.3 Å². The second-order valence-corrected chi connectivity index (χ2v) is 6.08. The maximum Gasteiger partial charge on any atom is 0.223 e. The first-order valence-corrected chi connectivity index (χ1v) is 7.29. The van der Waals surface area contributed by atoms with Gasteiger partial charge in [-0.25, -0.2) is 0 Å². The SMILES string of the molecule is CC(=O)N1CCCC2(CCNC2)c2cc(Cl)ccc21. The number of carbonyl (C=O) groups excluding carboxylic acids is 1. The van der Waals surface area contributed by atoms with Crippen molar-refractivity contribution < 1.29 is 4.79 Å². The number of benzene rings is 1. The maximum atomic E-state index is 11.9. The molecule has 1 amide bonds. The van der Waals surface area contributed by atoms with Gasteiger partial charge in [-0.3, -0.25) is 4.79 Å². The number of anilines is 1. The summed E-state index contributed by atoms with van der Waals surface area (Å²) in [6, 6.07) is 5.95. The summed E-state index contributed by atoms with van der Waals surface area (Å²) in [7, 11) is 0. The zero-order valence-electron chi connectivity index (χ0n) is 11.2. The Morgan fingerprint density at radius 1 is 1.42 bits per heavy atom. The molecular formula is C15H19ClN2O. The molecule has 1 fully saturated rings. The first-order valence-electron chi connectivity index (χ1n) is 6.91. The van der Waals surface area contributed by atoms with Crippen LogP contribution in [0.2, 0.25) is 5.02 Å². The number of rotatable bonds is 0. The van der Waals surface area contributed by atoms with Crippen molar-refractivity contribution in [3.05, 3.63) is 28.8 Å². The lowest BCUT2D eigenvalue weighted by atomic mass is 9.76. The molecule has 3 nitrogen and oxygen atoms in total. The minimum atomic E-state index is 0.117. The number of nitrogens with zero attached hydrogens (tertiary/aromatic N) is 1. The number of hydrogen-bond donors (Lipinski definition) is 1. The Morgan fingerprint density at radius 3 is 2.95 bits per heavy atom. The molecule has 1 aromatic rings. The molecule has 2 aliphatic heterocycles. The van der Waals surface area contributed by atoms with E-state index >= 15 is 0 Å². The molecule has 4 heteroatoms. The zero-order chi connectivity index (χ0) is 13.5. The third-order valence-corrected chi connectivity index (χ3v) is 4.72. The predicted molar refractivity (Wildman–Crippen MR) is 77.9 cm³/mol. The number of hydrogen-bond acceptors (Lipinski definition) is 2. The third-order valence-electron chi connectivity index (χ3n) is 4.48. The van der Waals surface area contributed by atoms with Crippen LogP contribution in [0.1, 0.15) is 31.7 Å². The molecule has 102 valence electrons. The normalized spacial score (nSPS) is 26.3. The van der Waals surface area contributed by atoms with E-state index in [0.717, 1.165) is 49.6 Å². The van der Waals surface area contributed by atoms with E-state index in [0.29, 0.717) is 0 Å². The molecule has 2 aliphatic rings. The van der Waals surface area contributed by atoms with E-state index in [1.54, 1.807) is 6.92 Å². The average molecular weight is 279 g/mol. The molecule has 0 aliphatic carbocycles. The molecule has 19 heavy (non-hydrogen) atoms. The van der Waals surface area contributed by atoms with Crippen LogP contribution < -0.4 is 10.2 Å². The van der Waals surface area contributed by atoms with Gasteiger partial charge in [-0.15, -0.1) is 0 Å². The van der Waals surface area contributed by atoms with Gasteiger partial charge in [-0.1, -0.05) is 11.6 Å². The standard InChI is InChI=1S/C15H19ClN2O/c1-11(19)18-8-2-5-15(6-7-17-10-15)13-9-12(16)3-4-14(13)18/h3-4,9,17H,2,5-8,10H2,1H3. The number of fused-ring (bicyclic) bond motifs is 2. The Kier molecular flexibility index (Phi) is 3.27. The van der Waals surface area contributed by atoms with Crippen LogP contribution in [-0.4, -0.2) is 25.5 Å². The molecule has 1 aromatic carbocycles. The lowest BCUT2D eigenvalue weighted by Gasteiger charge is -2.30. The van der Waals surface area contributed by atoms with Crippen molar-refractivity contribution >= 4 is 23.2 Å². The highest BCUT2D eigenvalue weighted by Crippen LogP contribution is 2.44. The lowest BCUT2D eigenvalue weighted by molar-refractivity contribution is -0.116. The first-order chi connectivity index (χ1) is 9.12. The van der Waals surface area contributed by atoms with Crippen molar-refractivity contribution in [1.29, 1.82) is 0 Å². The quantitative estimate of drug-likeness (QED) is 0.791. The molecule has 0 aromatic heterocycles. The molecular weight excluding hydrogens is 260 g/mol. The van der Waals surface area contributed by atoms with Gasteiger partial charge in [0.2, 0.25) is 5.91 Å². The summed E-state index contributed by atoms with van der Waals surface area (Å²) >= 11 is 6.20. The van der Waals surface area contributed by atoms with Gasteiger partial charge in [0.25, 0.3) is 0 Å². The molecule has 2 heterocycles. The summed E-state index contributed by atoms with van der Waals surface area (Å²) in [4.78, 5) is 13.8. The Hall–Kier alpha value is -1.06. The molecule has 1 atom stereocenters. The summed E-state index contributed by atoms with van der Waals surface area (Å²) < 4.78 is 0. The van der Waals surface area contributed by atoms with Gasteiger partial charge in [-0.05, 0) is 49.6 Å². The van der Waals surface area contributed by atoms with Crippen molar-refractivity contribution in [1.82, 2.24) is 5.32 Å². The van der Waals surface area contributed by atoms with E-state index in [1.807, 2.05) is 17.0 Å². The van der Waals surface area contributed by atoms with Crippen molar-refractivity contribution in [2.45, 2.75) is 31.6 Å². The predicted octanol–water partition coefficient (Wildman–Crippen LogP) is 2.72. The maximum absolute atomic E-state index is 11.9. The summed E-state index contributed by atoms with van der Waals surface area (Å²) in [5.41, 5.74) is 2.46. The van der Waals surface area contributed by atoms with Crippen molar-refractivity contribution in [3.63, 3.8) is 0 Å². The summed E-state index contributed by atoms with van der Waals surface area (Å²) in [6.45, 7) is 4.49. The van der Waals surface area contributed by atoms with E-state index in [4.69, 9.17) is 11.6 Å². The minimum Gasteiger partial charge on any atom is -0.316 e. The van der Waals surface area contributed by atoms with Crippen LogP contribution >= 0.6 is 11.6 Å². The summed E-state index contributed by atoms with van der Waals surface area (Å²) in [6.07, 6.45) is 3.30. The van der Waals surface area contributed by atoms with Crippen LogP contribution in [0, 0.1) is 0 Å². The molecule has 1 spiro atoms. The second-order valence-electron chi connectivity index (χ2n) is 5.64. The van der Waals surface area contributed by atoms with Crippen molar-refractivity contribution in [2.24, 2.45) is 0 Å². The Balaban J connectivity index is 2.15. The fourth-order valence-corrected chi connectivity index (χ4v) is 3.69. The Labute approximate surface area is 118 Å². The monoisotopic (exact) mass is 278 g/mol. The van der Waals surface area contributed by atoms with Gasteiger partial charge in [-0.2, -0.15) is 0 Å². The first kappa shape index (κ1) is 12.9. The third kappa shape index (κ3) is 2.15. The summed E-state index contributed by atoms with van der Waals surface area (Å²) in [5, 5.41) is 4.23. The van der Waals surface area contributed by atoms with Crippen LogP contribution in [0.4, 0.5) is 5.69 Å². The fraction of sp³-hybridized carbons (Fsp3) is 0.533. The largest absolute Gasteiger partial charge is 0.316 e. The van der Waals surface area contributed by atoms with Crippen LogP contribution in [0.5, 0.6) is 0 Å².